The molecule has 0 spiro atoms. The summed E-state index contributed by atoms with van der Waals surface area (Å²) in [4.78, 5) is 27.6. The minimum atomic E-state index is -0.169. The highest BCUT2D eigenvalue weighted by atomic mass is 16.5. The highest BCUT2D eigenvalue weighted by Gasteiger charge is 2.26. The quantitative estimate of drug-likeness (QED) is 0.816. The van der Waals surface area contributed by atoms with Crippen LogP contribution in [0.25, 0.3) is 0 Å². The first-order chi connectivity index (χ1) is 9.56. The minimum absolute atomic E-state index is 0.0207. The lowest BCUT2D eigenvalue weighted by atomic mass is 10.1. The molecule has 1 N–H and O–H groups in total. The van der Waals surface area contributed by atoms with Crippen LogP contribution in [-0.2, 0) is 9.53 Å². The molecule has 2 heterocycles. The molecule has 2 fully saturated rings. The first-order valence-corrected chi connectivity index (χ1v) is 7.52. The van der Waals surface area contributed by atoms with Gasteiger partial charge in [0.2, 0.25) is 5.91 Å². The number of morpholine rings is 1. The van der Waals surface area contributed by atoms with Gasteiger partial charge in [-0.1, -0.05) is 0 Å². The number of urea groups is 1. The standard InChI is InChI=1S/C14H25N3O3/c1-11-9-17(10-12(2)20-11)14(19)15-8-13(18)16-6-4-3-5-7-16/h11-12H,3-10H2,1-2H3,(H,15,19)/t11-,12+. The number of carbonyl (C=O) groups excluding carboxylic acids is 2. The van der Waals surface area contributed by atoms with Gasteiger partial charge in [-0.25, -0.2) is 4.79 Å². The van der Waals surface area contributed by atoms with Gasteiger partial charge in [-0.2, -0.15) is 0 Å². The molecule has 2 rings (SSSR count). The van der Waals surface area contributed by atoms with Gasteiger partial charge in [0, 0.05) is 26.2 Å². The molecular formula is C14H25N3O3. The third kappa shape index (κ3) is 4.10. The highest BCUT2D eigenvalue weighted by Crippen LogP contribution is 2.11. The van der Waals surface area contributed by atoms with Gasteiger partial charge in [-0.15, -0.1) is 0 Å². The van der Waals surface area contributed by atoms with E-state index in [1.54, 1.807) is 4.90 Å². The van der Waals surface area contributed by atoms with Crippen molar-refractivity contribution in [2.75, 3.05) is 32.7 Å². The smallest absolute Gasteiger partial charge is 0.318 e. The molecule has 6 nitrogen and oxygen atoms in total. The van der Waals surface area contributed by atoms with Crippen LogP contribution in [0.3, 0.4) is 0 Å². The third-order valence-electron chi connectivity index (χ3n) is 3.81. The summed E-state index contributed by atoms with van der Waals surface area (Å²) in [7, 11) is 0. The second-order valence-corrected chi connectivity index (χ2v) is 5.76. The topological polar surface area (TPSA) is 61.9 Å². The molecule has 20 heavy (non-hydrogen) atoms. The lowest BCUT2D eigenvalue weighted by Crippen LogP contribution is -2.53. The summed E-state index contributed by atoms with van der Waals surface area (Å²) < 4.78 is 5.59. The van der Waals surface area contributed by atoms with Crippen molar-refractivity contribution in [1.82, 2.24) is 15.1 Å². The molecule has 0 aliphatic carbocycles. The Labute approximate surface area is 120 Å². The maximum atomic E-state index is 12.1. The fourth-order valence-corrected chi connectivity index (χ4v) is 2.86. The maximum absolute atomic E-state index is 12.1. The lowest BCUT2D eigenvalue weighted by Gasteiger charge is -2.35. The van der Waals surface area contributed by atoms with Crippen LogP contribution in [0.2, 0.25) is 0 Å². The Morgan fingerprint density at radius 2 is 1.65 bits per heavy atom. The predicted octanol–water partition coefficient (Wildman–Crippen LogP) is 0.818. The summed E-state index contributed by atoms with van der Waals surface area (Å²) in [5.74, 6) is 0.0207. The molecule has 0 aromatic carbocycles. The fraction of sp³-hybridized carbons (Fsp3) is 0.857. The van der Waals surface area contributed by atoms with Crippen molar-refractivity contribution in [3.8, 4) is 0 Å². The second kappa shape index (κ2) is 6.92. The first-order valence-electron chi connectivity index (χ1n) is 7.52. The Morgan fingerprint density at radius 1 is 1.05 bits per heavy atom. The number of hydrogen-bond donors (Lipinski definition) is 1. The van der Waals surface area contributed by atoms with Crippen LogP contribution in [0.5, 0.6) is 0 Å². The normalized spacial score (nSPS) is 27.3. The van der Waals surface area contributed by atoms with Gasteiger partial charge in [-0.05, 0) is 33.1 Å². The molecule has 3 amide bonds. The average Bonchev–Trinajstić information content (AvgIpc) is 2.44. The van der Waals surface area contributed by atoms with E-state index in [9.17, 15) is 9.59 Å². The van der Waals surface area contributed by atoms with Crippen molar-refractivity contribution in [3.05, 3.63) is 0 Å². The number of likely N-dealkylation sites (tertiary alicyclic amines) is 1. The molecule has 0 aromatic heterocycles. The van der Waals surface area contributed by atoms with E-state index in [1.807, 2.05) is 18.7 Å². The maximum Gasteiger partial charge on any atom is 0.318 e. The first kappa shape index (κ1) is 15.1. The summed E-state index contributed by atoms with van der Waals surface area (Å²) in [6.07, 6.45) is 3.42. The summed E-state index contributed by atoms with van der Waals surface area (Å²) in [5.41, 5.74) is 0. The Morgan fingerprint density at radius 3 is 2.25 bits per heavy atom. The monoisotopic (exact) mass is 283 g/mol. The van der Waals surface area contributed by atoms with Crippen molar-refractivity contribution in [1.29, 1.82) is 0 Å². The van der Waals surface area contributed by atoms with Crippen LogP contribution in [0, 0.1) is 0 Å². The van der Waals surface area contributed by atoms with Crippen LogP contribution in [0.4, 0.5) is 4.79 Å². The third-order valence-corrected chi connectivity index (χ3v) is 3.81. The SMILES string of the molecule is C[C@@H]1CN(C(=O)NCC(=O)N2CCCCC2)C[C@H](C)O1. The van der Waals surface area contributed by atoms with E-state index in [2.05, 4.69) is 5.32 Å². The predicted molar refractivity (Wildman–Crippen MR) is 75.4 cm³/mol. The number of hydrogen-bond acceptors (Lipinski definition) is 3. The van der Waals surface area contributed by atoms with Crippen LogP contribution in [0.15, 0.2) is 0 Å². The molecule has 0 radical (unpaired) electrons. The van der Waals surface area contributed by atoms with E-state index in [1.165, 1.54) is 6.42 Å². The fourth-order valence-electron chi connectivity index (χ4n) is 2.86. The number of amides is 3. The highest BCUT2D eigenvalue weighted by molar-refractivity contribution is 5.84. The largest absolute Gasteiger partial charge is 0.372 e. The van der Waals surface area contributed by atoms with Crippen molar-refractivity contribution in [2.24, 2.45) is 0 Å². The van der Waals surface area contributed by atoms with Crippen LogP contribution in [0.1, 0.15) is 33.1 Å². The molecule has 2 saturated heterocycles. The van der Waals surface area contributed by atoms with Crippen LogP contribution < -0.4 is 5.32 Å². The number of piperidine rings is 1. The molecule has 0 unspecified atom stereocenters. The molecule has 2 atom stereocenters. The van der Waals surface area contributed by atoms with Crippen molar-refractivity contribution in [3.63, 3.8) is 0 Å². The van der Waals surface area contributed by atoms with E-state index >= 15 is 0 Å². The molecular weight excluding hydrogens is 258 g/mol. The van der Waals surface area contributed by atoms with Gasteiger partial charge in [-0.3, -0.25) is 4.79 Å². The Bertz CT molecular complexity index is 346. The number of rotatable bonds is 2. The van der Waals surface area contributed by atoms with Crippen molar-refractivity contribution >= 4 is 11.9 Å². The zero-order chi connectivity index (χ0) is 14.5. The molecule has 0 bridgehead atoms. The minimum Gasteiger partial charge on any atom is -0.372 e. The van der Waals surface area contributed by atoms with Gasteiger partial charge in [0.05, 0.1) is 18.8 Å². The zero-order valence-corrected chi connectivity index (χ0v) is 12.4. The van der Waals surface area contributed by atoms with Gasteiger partial charge < -0.3 is 19.9 Å². The molecule has 2 aliphatic heterocycles. The van der Waals surface area contributed by atoms with E-state index in [-0.39, 0.29) is 30.7 Å². The molecule has 0 saturated carbocycles. The van der Waals surface area contributed by atoms with E-state index < -0.39 is 0 Å². The zero-order valence-electron chi connectivity index (χ0n) is 12.4. The lowest BCUT2D eigenvalue weighted by molar-refractivity contribution is -0.131. The number of carbonyl (C=O) groups is 2. The molecule has 2 aliphatic rings. The van der Waals surface area contributed by atoms with Crippen molar-refractivity contribution < 1.29 is 14.3 Å². The van der Waals surface area contributed by atoms with E-state index in [4.69, 9.17) is 4.74 Å². The summed E-state index contributed by atoms with van der Waals surface area (Å²) in [5, 5.41) is 2.73. The van der Waals surface area contributed by atoms with Crippen molar-refractivity contribution in [2.45, 2.75) is 45.3 Å². The molecule has 0 aromatic rings. The Balaban J connectivity index is 1.75. The molecule has 6 heteroatoms. The van der Waals surface area contributed by atoms with Gasteiger partial charge in [0.25, 0.3) is 0 Å². The number of nitrogens with zero attached hydrogens (tertiary/aromatic N) is 2. The van der Waals surface area contributed by atoms with Gasteiger partial charge in [0.1, 0.15) is 0 Å². The number of nitrogens with one attached hydrogen (secondary N) is 1. The second-order valence-electron chi connectivity index (χ2n) is 5.76. The Hall–Kier alpha value is -1.30. The summed E-state index contributed by atoms with van der Waals surface area (Å²) >= 11 is 0. The van der Waals surface area contributed by atoms with Gasteiger partial charge in [0.15, 0.2) is 0 Å². The number of ether oxygens (including phenoxy) is 1. The van der Waals surface area contributed by atoms with Crippen LogP contribution >= 0.6 is 0 Å². The summed E-state index contributed by atoms with van der Waals surface area (Å²) in [6, 6.07) is -0.169. The Kier molecular flexibility index (Phi) is 5.23. The van der Waals surface area contributed by atoms with E-state index in [0.29, 0.717) is 13.1 Å². The van der Waals surface area contributed by atoms with E-state index in [0.717, 1.165) is 25.9 Å². The average molecular weight is 283 g/mol. The van der Waals surface area contributed by atoms with Gasteiger partial charge >= 0.3 is 6.03 Å². The molecule has 114 valence electrons. The van der Waals surface area contributed by atoms with Crippen LogP contribution in [-0.4, -0.2) is 66.7 Å². The summed E-state index contributed by atoms with van der Waals surface area (Å²) in [6.45, 7) is 6.80.